The van der Waals surface area contributed by atoms with Crippen LogP contribution in [-0.2, 0) is 19.6 Å². The van der Waals surface area contributed by atoms with Crippen LogP contribution in [0.25, 0.3) is 6.08 Å². The summed E-state index contributed by atoms with van der Waals surface area (Å²) in [5.41, 5.74) is 0.841. The number of amides is 1. The number of hydrogen-bond donors (Lipinski definition) is 1. The fourth-order valence-electron chi connectivity index (χ4n) is 3.33. The van der Waals surface area contributed by atoms with Gasteiger partial charge in [0.05, 0.1) is 23.8 Å². The fraction of sp³-hybridized carbons (Fsp3) is 0.160. The normalized spacial score (nSPS) is 14.7. The van der Waals surface area contributed by atoms with Crippen LogP contribution in [0.5, 0.6) is 11.5 Å². The van der Waals surface area contributed by atoms with E-state index in [4.69, 9.17) is 9.47 Å². The van der Waals surface area contributed by atoms with Crippen LogP contribution in [0, 0.1) is 5.82 Å². The molecule has 7 nitrogen and oxygen atoms in total. The number of hydrogen-bond acceptors (Lipinski definition) is 5. The number of halogens is 1. The SMILES string of the molecule is O=C(/C=C/c1ccc(F)cc1)Nc1cc(S(=O)(=O)N2CCOCC2)ccc1Oc1ccccc1. The zero-order valence-electron chi connectivity index (χ0n) is 18.2. The van der Waals surface area contributed by atoms with E-state index in [2.05, 4.69) is 5.32 Å². The van der Waals surface area contributed by atoms with Crippen LogP contribution in [-0.4, -0.2) is 44.9 Å². The highest BCUT2D eigenvalue weighted by atomic mass is 32.2. The third kappa shape index (κ3) is 5.88. The second-order valence-corrected chi connectivity index (χ2v) is 9.40. The number of rotatable bonds is 7. The lowest BCUT2D eigenvalue weighted by Crippen LogP contribution is -2.40. The Kier molecular flexibility index (Phi) is 7.36. The lowest BCUT2D eigenvalue weighted by Gasteiger charge is -2.26. The van der Waals surface area contributed by atoms with Gasteiger partial charge < -0.3 is 14.8 Å². The Morgan fingerprint density at radius 1 is 1.00 bits per heavy atom. The predicted octanol–water partition coefficient (Wildman–Crippen LogP) is 4.29. The maximum atomic E-state index is 13.1. The van der Waals surface area contributed by atoms with E-state index in [-0.39, 0.29) is 35.2 Å². The molecule has 34 heavy (non-hydrogen) atoms. The summed E-state index contributed by atoms with van der Waals surface area (Å²) in [6, 6.07) is 19.0. The minimum absolute atomic E-state index is 0.0348. The molecule has 0 atom stereocenters. The molecule has 0 saturated carbocycles. The maximum absolute atomic E-state index is 13.1. The second-order valence-electron chi connectivity index (χ2n) is 7.46. The molecule has 1 N–H and O–H groups in total. The molecular formula is C25H23FN2O5S. The third-order valence-electron chi connectivity index (χ3n) is 5.08. The number of para-hydroxylation sites is 1. The van der Waals surface area contributed by atoms with E-state index < -0.39 is 15.9 Å². The summed E-state index contributed by atoms with van der Waals surface area (Å²) in [6.45, 7) is 1.16. The molecule has 0 spiro atoms. The first-order valence-electron chi connectivity index (χ1n) is 10.6. The molecule has 1 saturated heterocycles. The van der Waals surface area contributed by atoms with E-state index >= 15 is 0 Å². The lowest BCUT2D eigenvalue weighted by atomic mass is 10.2. The molecule has 1 aliphatic rings. The Bertz CT molecular complexity index is 1270. The first kappa shape index (κ1) is 23.6. The van der Waals surface area contributed by atoms with Crippen LogP contribution in [0.4, 0.5) is 10.1 Å². The molecule has 0 aromatic heterocycles. The van der Waals surface area contributed by atoms with Crippen molar-refractivity contribution in [1.29, 1.82) is 0 Å². The number of morpholine rings is 1. The highest BCUT2D eigenvalue weighted by Gasteiger charge is 2.27. The Labute approximate surface area is 197 Å². The summed E-state index contributed by atoms with van der Waals surface area (Å²) in [5, 5.41) is 2.70. The van der Waals surface area contributed by atoms with E-state index in [9.17, 15) is 17.6 Å². The van der Waals surface area contributed by atoms with Gasteiger partial charge in [0.2, 0.25) is 15.9 Å². The molecule has 176 valence electrons. The molecule has 0 radical (unpaired) electrons. The zero-order chi connectivity index (χ0) is 24.0. The van der Waals surface area contributed by atoms with E-state index in [0.29, 0.717) is 24.5 Å². The summed E-state index contributed by atoms with van der Waals surface area (Å²) < 4.78 is 51.8. The van der Waals surface area contributed by atoms with Crippen LogP contribution >= 0.6 is 0 Å². The summed E-state index contributed by atoms with van der Waals surface area (Å²) in [7, 11) is -3.78. The van der Waals surface area contributed by atoms with Crippen LogP contribution in [0.15, 0.2) is 83.8 Å². The van der Waals surface area contributed by atoms with Crippen molar-refractivity contribution >= 4 is 27.7 Å². The summed E-state index contributed by atoms with van der Waals surface area (Å²) in [4.78, 5) is 12.7. The number of nitrogens with zero attached hydrogens (tertiary/aromatic N) is 1. The predicted molar refractivity (Wildman–Crippen MR) is 127 cm³/mol. The molecule has 0 aliphatic carbocycles. The lowest BCUT2D eigenvalue weighted by molar-refractivity contribution is -0.111. The first-order chi connectivity index (χ1) is 16.4. The second kappa shape index (κ2) is 10.6. The van der Waals surface area contributed by atoms with Crippen LogP contribution in [0.2, 0.25) is 0 Å². The Hall–Kier alpha value is -3.53. The number of ether oxygens (including phenoxy) is 2. The van der Waals surface area contributed by atoms with Gasteiger partial charge in [-0.15, -0.1) is 0 Å². The monoisotopic (exact) mass is 482 g/mol. The van der Waals surface area contributed by atoms with Gasteiger partial charge in [0, 0.05) is 19.2 Å². The smallest absolute Gasteiger partial charge is 0.248 e. The van der Waals surface area contributed by atoms with Gasteiger partial charge in [0.1, 0.15) is 11.6 Å². The molecule has 9 heteroatoms. The molecule has 0 bridgehead atoms. The van der Waals surface area contributed by atoms with E-state index in [1.54, 1.807) is 36.4 Å². The Balaban J connectivity index is 1.61. The molecule has 4 rings (SSSR count). The number of sulfonamides is 1. The van der Waals surface area contributed by atoms with Crippen molar-refractivity contribution in [2.24, 2.45) is 0 Å². The van der Waals surface area contributed by atoms with Crippen molar-refractivity contribution in [3.63, 3.8) is 0 Å². The quantitative estimate of drug-likeness (QED) is 0.508. The van der Waals surface area contributed by atoms with Crippen molar-refractivity contribution in [3.05, 3.63) is 90.3 Å². The van der Waals surface area contributed by atoms with E-state index in [1.807, 2.05) is 6.07 Å². The largest absolute Gasteiger partial charge is 0.455 e. The third-order valence-corrected chi connectivity index (χ3v) is 6.98. The molecule has 0 unspecified atom stereocenters. The minimum Gasteiger partial charge on any atom is -0.455 e. The van der Waals surface area contributed by atoms with Gasteiger partial charge in [-0.3, -0.25) is 4.79 Å². The first-order valence-corrected chi connectivity index (χ1v) is 12.1. The molecular weight excluding hydrogens is 459 g/mol. The van der Waals surface area contributed by atoms with E-state index in [1.165, 1.54) is 46.8 Å². The number of carbonyl (C=O) groups is 1. The maximum Gasteiger partial charge on any atom is 0.248 e. The molecule has 1 amide bonds. The Morgan fingerprint density at radius 2 is 1.71 bits per heavy atom. The summed E-state index contributed by atoms with van der Waals surface area (Å²) in [6.07, 6.45) is 2.81. The molecule has 3 aromatic rings. The van der Waals surface area contributed by atoms with Crippen molar-refractivity contribution < 1.29 is 27.1 Å². The molecule has 1 heterocycles. The zero-order valence-corrected chi connectivity index (χ0v) is 19.0. The number of nitrogens with one attached hydrogen (secondary N) is 1. The summed E-state index contributed by atoms with van der Waals surface area (Å²) in [5.74, 6) is -0.0509. The van der Waals surface area contributed by atoms with Crippen LogP contribution in [0.1, 0.15) is 5.56 Å². The van der Waals surface area contributed by atoms with Crippen LogP contribution in [0.3, 0.4) is 0 Å². The van der Waals surface area contributed by atoms with Gasteiger partial charge in [-0.25, -0.2) is 12.8 Å². The van der Waals surface area contributed by atoms with Crippen molar-refractivity contribution in [3.8, 4) is 11.5 Å². The van der Waals surface area contributed by atoms with Crippen molar-refractivity contribution in [1.82, 2.24) is 4.31 Å². The van der Waals surface area contributed by atoms with Gasteiger partial charge in [-0.2, -0.15) is 4.31 Å². The Morgan fingerprint density at radius 3 is 2.41 bits per heavy atom. The number of benzene rings is 3. The van der Waals surface area contributed by atoms with Crippen molar-refractivity contribution in [2.45, 2.75) is 4.90 Å². The average molecular weight is 483 g/mol. The molecule has 1 fully saturated rings. The summed E-state index contributed by atoms with van der Waals surface area (Å²) >= 11 is 0. The fourth-order valence-corrected chi connectivity index (χ4v) is 4.76. The highest BCUT2D eigenvalue weighted by Crippen LogP contribution is 2.33. The van der Waals surface area contributed by atoms with Gasteiger partial charge >= 0.3 is 0 Å². The highest BCUT2D eigenvalue weighted by molar-refractivity contribution is 7.89. The molecule has 1 aliphatic heterocycles. The van der Waals surface area contributed by atoms with E-state index in [0.717, 1.165) is 0 Å². The van der Waals surface area contributed by atoms with Crippen molar-refractivity contribution in [2.75, 3.05) is 31.6 Å². The van der Waals surface area contributed by atoms with Gasteiger partial charge in [0.25, 0.3) is 0 Å². The average Bonchev–Trinajstić information content (AvgIpc) is 2.86. The molecule has 3 aromatic carbocycles. The van der Waals surface area contributed by atoms with Gasteiger partial charge in [-0.05, 0) is 54.1 Å². The topological polar surface area (TPSA) is 84.9 Å². The van der Waals surface area contributed by atoms with Gasteiger partial charge in [-0.1, -0.05) is 30.3 Å². The number of anilines is 1. The number of carbonyl (C=O) groups excluding carboxylic acids is 1. The van der Waals surface area contributed by atoms with Gasteiger partial charge in [0.15, 0.2) is 5.75 Å². The standard InChI is InChI=1S/C25H23FN2O5S/c26-20-9-6-19(7-10-20)8-13-25(29)27-23-18-22(34(30,31)28-14-16-32-17-15-28)11-12-24(23)33-21-4-2-1-3-5-21/h1-13,18H,14-17H2,(H,27,29)/b13-8+. The van der Waals surface area contributed by atoms with Crippen LogP contribution < -0.4 is 10.1 Å². The minimum atomic E-state index is -3.78.